The zero-order valence-electron chi connectivity index (χ0n) is 16.9. The normalized spacial score (nSPS) is 16.6. The van der Waals surface area contributed by atoms with Crippen molar-refractivity contribution in [2.24, 2.45) is 7.05 Å². The van der Waals surface area contributed by atoms with Crippen LogP contribution in [-0.2, 0) is 7.05 Å². The maximum atomic E-state index is 15.0. The number of alkyl halides is 2. The molecule has 3 aromatic rings. The predicted octanol–water partition coefficient (Wildman–Crippen LogP) is 4.33. The zero-order chi connectivity index (χ0) is 20.8. The van der Waals surface area contributed by atoms with Gasteiger partial charge >= 0.3 is 0 Å². The highest BCUT2D eigenvalue weighted by Crippen LogP contribution is 2.34. The summed E-state index contributed by atoms with van der Waals surface area (Å²) < 4.78 is 30.6. The average molecular weight is 397 g/mol. The molecule has 0 unspecified atom stereocenters. The molecule has 1 aliphatic heterocycles. The van der Waals surface area contributed by atoms with Crippen LogP contribution in [0.25, 0.3) is 21.9 Å². The van der Waals surface area contributed by atoms with E-state index in [9.17, 15) is 4.39 Å². The van der Waals surface area contributed by atoms with Gasteiger partial charge in [0.1, 0.15) is 11.5 Å². The van der Waals surface area contributed by atoms with Crippen LogP contribution in [0.2, 0.25) is 0 Å². The Hall–Kier alpha value is -2.80. The maximum absolute atomic E-state index is 15.0. The minimum Gasteiger partial charge on any atom is -0.341 e. The number of likely N-dealkylation sites (tertiary alicyclic amines) is 1. The molecule has 1 saturated heterocycles. The van der Waals surface area contributed by atoms with Gasteiger partial charge in [-0.1, -0.05) is 18.7 Å². The Balaban J connectivity index is 1.49. The number of nitrogens with one attached hydrogen (secondary N) is 1. The summed E-state index contributed by atoms with van der Waals surface area (Å²) in [4.78, 5) is 6.13. The molecule has 1 N–H and O–H groups in total. The smallest absolute Gasteiger partial charge is 0.175 e. The molecule has 152 valence electrons. The highest BCUT2D eigenvalue weighted by Gasteiger charge is 2.47. The van der Waals surface area contributed by atoms with Crippen LogP contribution in [0.5, 0.6) is 0 Å². The summed E-state index contributed by atoms with van der Waals surface area (Å²) in [5.74, 6) is 0.534. The summed E-state index contributed by atoms with van der Waals surface area (Å²) in [6, 6.07) is 7.97. The number of hydrogen-bond acceptors (Lipinski definition) is 4. The SMILES string of the molecule is C=C(Nc1cc2cc(-c3cnn(C)c3)ccc2cn1)C1(F)CN(CC(C)(C)F)C1. The van der Waals surface area contributed by atoms with Crippen molar-refractivity contribution in [2.75, 3.05) is 25.0 Å². The number of halogens is 2. The van der Waals surface area contributed by atoms with Gasteiger partial charge in [0.15, 0.2) is 5.67 Å². The molecule has 4 rings (SSSR count). The van der Waals surface area contributed by atoms with E-state index in [0.717, 1.165) is 21.9 Å². The first-order valence-corrected chi connectivity index (χ1v) is 9.57. The molecule has 0 bridgehead atoms. The highest BCUT2D eigenvalue weighted by atomic mass is 19.1. The molecule has 0 saturated carbocycles. The highest BCUT2D eigenvalue weighted by molar-refractivity contribution is 5.88. The molecule has 1 aliphatic rings. The quantitative estimate of drug-likeness (QED) is 0.672. The van der Waals surface area contributed by atoms with Crippen molar-refractivity contribution < 1.29 is 8.78 Å². The Morgan fingerprint density at radius 1 is 1.21 bits per heavy atom. The number of benzene rings is 1. The van der Waals surface area contributed by atoms with Gasteiger partial charge in [0, 0.05) is 55.7 Å². The molecule has 3 heterocycles. The van der Waals surface area contributed by atoms with E-state index in [1.165, 1.54) is 13.8 Å². The van der Waals surface area contributed by atoms with E-state index in [-0.39, 0.29) is 25.3 Å². The number of rotatable bonds is 6. The fourth-order valence-electron chi connectivity index (χ4n) is 3.72. The monoisotopic (exact) mass is 397 g/mol. The van der Waals surface area contributed by atoms with Crippen molar-refractivity contribution in [2.45, 2.75) is 25.2 Å². The predicted molar refractivity (Wildman–Crippen MR) is 112 cm³/mol. The Bertz CT molecular complexity index is 1060. The molecule has 7 heteroatoms. The third-order valence-electron chi connectivity index (χ3n) is 5.13. The molecule has 5 nitrogen and oxygen atoms in total. The van der Waals surface area contributed by atoms with Crippen molar-refractivity contribution >= 4 is 16.6 Å². The first-order chi connectivity index (χ1) is 13.6. The van der Waals surface area contributed by atoms with Crippen LogP contribution in [0, 0.1) is 0 Å². The van der Waals surface area contributed by atoms with Crippen molar-refractivity contribution in [1.82, 2.24) is 19.7 Å². The summed E-state index contributed by atoms with van der Waals surface area (Å²) in [6.07, 6.45) is 5.52. The lowest BCUT2D eigenvalue weighted by Gasteiger charge is -2.46. The van der Waals surface area contributed by atoms with Crippen molar-refractivity contribution in [3.63, 3.8) is 0 Å². The topological polar surface area (TPSA) is 46.0 Å². The Labute approximate surface area is 169 Å². The van der Waals surface area contributed by atoms with Crippen LogP contribution in [0.3, 0.4) is 0 Å². The van der Waals surface area contributed by atoms with Crippen molar-refractivity contribution in [3.05, 3.63) is 55.1 Å². The molecular formula is C22H25F2N5. The van der Waals surface area contributed by atoms with E-state index in [1.807, 2.05) is 37.6 Å². The summed E-state index contributed by atoms with van der Waals surface area (Å²) in [5, 5.41) is 9.19. The lowest BCUT2D eigenvalue weighted by molar-refractivity contribution is -0.0293. The van der Waals surface area contributed by atoms with Crippen LogP contribution in [0.4, 0.5) is 14.6 Å². The third kappa shape index (κ3) is 4.15. The number of fused-ring (bicyclic) bond motifs is 1. The Kier molecular flexibility index (Phi) is 4.65. The number of pyridine rings is 1. The molecule has 2 aromatic heterocycles. The minimum atomic E-state index is -1.58. The van der Waals surface area contributed by atoms with Gasteiger partial charge in [0.25, 0.3) is 0 Å². The lowest BCUT2D eigenvalue weighted by atomic mass is 9.91. The van der Waals surface area contributed by atoms with Gasteiger partial charge in [-0.15, -0.1) is 0 Å². The second kappa shape index (κ2) is 6.91. The molecule has 0 aliphatic carbocycles. The van der Waals surface area contributed by atoms with E-state index in [4.69, 9.17) is 0 Å². The van der Waals surface area contributed by atoms with E-state index in [2.05, 4.69) is 28.0 Å². The molecule has 29 heavy (non-hydrogen) atoms. The first-order valence-electron chi connectivity index (χ1n) is 9.57. The van der Waals surface area contributed by atoms with E-state index in [1.54, 1.807) is 15.8 Å². The van der Waals surface area contributed by atoms with E-state index >= 15 is 4.39 Å². The van der Waals surface area contributed by atoms with Crippen LogP contribution in [0.1, 0.15) is 13.8 Å². The van der Waals surface area contributed by atoms with Gasteiger partial charge in [-0.3, -0.25) is 9.58 Å². The number of anilines is 1. The largest absolute Gasteiger partial charge is 0.341 e. The van der Waals surface area contributed by atoms with Gasteiger partial charge in [0.05, 0.1) is 6.20 Å². The fraction of sp³-hybridized carbons (Fsp3) is 0.364. The van der Waals surface area contributed by atoms with Crippen LogP contribution >= 0.6 is 0 Å². The zero-order valence-corrected chi connectivity index (χ0v) is 16.9. The average Bonchev–Trinajstić information content (AvgIpc) is 3.05. The van der Waals surface area contributed by atoms with Crippen molar-refractivity contribution in [1.29, 1.82) is 0 Å². The first kappa shape index (κ1) is 19.5. The van der Waals surface area contributed by atoms with Gasteiger partial charge in [-0.05, 0) is 36.9 Å². The molecule has 0 atom stereocenters. The number of hydrogen-bond donors (Lipinski definition) is 1. The summed E-state index contributed by atoms with van der Waals surface area (Å²) in [6.45, 7) is 7.32. The third-order valence-corrected chi connectivity index (χ3v) is 5.13. The number of aryl methyl sites for hydroxylation is 1. The van der Waals surface area contributed by atoms with Crippen molar-refractivity contribution in [3.8, 4) is 11.1 Å². The second-order valence-corrected chi connectivity index (χ2v) is 8.47. The Morgan fingerprint density at radius 3 is 2.62 bits per heavy atom. The molecular weight excluding hydrogens is 372 g/mol. The molecule has 1 fully saturated rings. The fourth-order valence-corrected chi connectivity index (χ4v) is 3.72. The van der Waals surface area contributed by atoms with Gasteiger partial charge < -0.3 is 5.32 Å². The van der Waals surface area contributed by atoms with Gasteiger partial charge in [-0.2, -0.15) is 5.10 Å². The molecule has 0 spiro atoms. The van der Waals surface area contributed by atoms with Crippen LogP contribution < -0.4 is 5.32 Å². The van der Waals surface area contributed by atoms with Crippen LogP contribution in [0.15, 0.2) is 55.1 Å². The summed E-state index contributed by atoms with van der Waals surface area (Å²) in [5.41, 5.74) is -0.604. The minimum absolute atomic E-state index is 0.130. The maximum Gasteiger partial charge on any atom is 0.175 e. The standard InChI is InChI=1S/C22H25F2N5/c1-15(22(24)13-29(14-22)12-21(2,3)23)27-20-8-18-7-16(5-6-17(18)9-25-20)19-10-26-28(4)11-19/h5-11H,1,12-14H2,2-4H3,(H,25,27). The lowest BCUT2D eigenvalue weighted by Crippen LogP contribution is -2.62. The summed E-state index contributed by atoms with van der Waals surface area (Å²) in [7, 11) is 1.88. The van der Waals surface area contributed by atoms with Gasteiger partial charge in [0.2, 0.25) is 0 Å². The number of nitrogens with zero attached hydrogens (tertiary/aromatic N) is 4. The molecule has 0 radical (unpaired) electrons. The second-order valence-electron chi connectivity index (χ2n) is 8.47. The van der Waals surface area contributed by atoms with Gasteiger partial charge in [-0.25, -0.2) is 13.8 Å². The van der Waals surface area contributed by atoms with Crippen LogP contribution in [-0.4, -0.2) is 50.6 Å². The summed E-state index contributed by atoms with van der Waals surface area (Å²) >= 11 is 0. The Morgan fingerprint density at radius 2 is 1.97 bits per heavy atom. The molecule has 1 aromatic carbocycles. The molecule has 0 amide bonds. The van der Waals surface area contributed by atoms with E-state index in [0.29, 0.717) is 5.82 Å². The number of aromatic nitrogens is 3. The van der Waals surface area contributed by atoms with E-state index < -0.39 is 11.3 Å².